The van der Waals surface area contributed by atoms with Gasteiger partial charge in [0, 0.05) is 24.1 Å². The molecule has 2 N–H and O–H groups in total. The molecule has 0 aliphatic carbocycles. The number of rotatable bonds is 5. The highest BCUT2D eigenvalue weighted by Crippen LogP contribution is 2.36. The van der Waals surface area contributed by atoms with Gasteiger partial charge in [-0.1, -0.05) is 13.0 Å². The molecule has 1 aromatic rings. The van der Waals surface area contributed by atoms with E-state index in [9.17, 15) is 0 Å². The number of nitrogens with two attached hydrogens (primary N) is 1. The smallest absolute Gasteiger partial charge is 0.128 e. The fraction of sp³-hybridized carbons (Fsp3) is 0.571. The van der Waals surface area contributed by atoms with Crippen LogP contribution in [0, 0.1) is 0 Å². The van der Waals surface area contributed by atoms with Crippen LogP contribution in [0.3, 0.4) is 0 Å². The Morgan fingerprint density at radius 2 is 2.33 bits per heavy atom. The SMILES string of the molecule is CCSCCC1C[C@@H](N)c2ccc(OC)cc2O1. The van der Waals surface area contributed by atoms with Gasteiger partial charge in [-0.05, 0) is 24.0 Å². The summed E-state index contributed by atoms with van der Waals surface area (Å²) in [5, 5.41) is 0. The van der Waals surface area contributed by atoms with Crippen LogP contribution in [0.2, 0.25) is 0 Å². The summed E-state index contributed by atoms with van der Waals surface area (Å²) in [4.78, 5) is 0. The topological polar surface area (TPSA) is 44.5 Å². The first kappa shape index (κ1) is 13.6. The molecule has 1 heterocycles. The normalized spacial score (nSPS) is 22.2. The monoisotopic (exact) mass is 267 g/mol. The molecule has 0 radical (unpaired) electrons. The zero-order chi connectivity index (χ0) is 13.0. The van der Waals surface area contributed by atoms with Gasteiger partial charge in [0.2, 0.25) is 0 Å². The van der Waals surface area contributed by atoms with Gasteiger partial charge in [-0.3, -0.25) is 0 Å². The Morgan fingerprint density at radius 3 is 3.06 bits per heavy atom. The van der Waals surface area contributed by atoms with Crippen LogP contribution in [0.5, 0.6) is 11.5 Å². The Kier molecular flexibility index (Phi) is 4.78. The van der Waals surface area contributed by atoms with Crippen molar-refractivity contribution in [2.45, 2.75) is 31.9 Å². The first-order chi connectivity index (χ1) is 8.74. The van der Waals surface area contributed by atoms with Crippen LogP contribution >= 0.6 is 11.8 Å². The molecule has 3 nitrogen and oxygen atoms in total. The van der Waals surface area contributed by atoms with E-state index in [1.807, 2.05) is 30.0 Å². The van der Waals surface area contributed by atoms with E-state index >= 15 is 0 Å². The second kappa shape index (κ2) is 6.34. The molecule has 0 aromatic heterocycles. The van der Waals surface area contributed by atoms with E-state index in [0.29, 0.717) is 0 Å². The maximum Gasteiger partial charge on any atom is 0.128 e. The van der Waals surface area contributed by atoms with Gasteiger partial charge in [-0.2, -0.15) is 11.8 Å². The molecule has 1 aromatic carbocycles. The zero-order valence-electron chi connectivity index (χ0n) is 11.0. The molecule has 1 aliphatic rings. The number of thioether (sulfide) groups is 1. The average Bonchev–Trinajstić information content (AvgIpc) is 2.38. The van der Waals surface area contributed by atoms with E-state index in [1.165, 1.54) is 0 Å². The molecule has 4 heteroatoms. The summed E-state index contributed by atoms with van der Waals surface area (Å²) in [7, 11) is 1.67. The summed E-state index contributed by atoms with van der Waals surface area (Å²) < 4.78 is 11.2. The highest BCUT2D eigenvalue weighted by Gasteiger charge is 2.25. The average molecular weight is 267 g/mol. The zero-order valence-corrected chi connectivity index (χ0v) is 11.8. The Labute approximate surface area is 113 Å². The molecule has 18 heavy (non-hydrogen) atoms. The van der Waals surface area contributed by atoms with E-state index in [4.69, 9.17) is 15.2 Å². The van der Waals surface area contributed by atoms with Crippen LogP contribution in [-0.2, 0) is 0 Å². The second-order valence-corrected chi connectivity index (χ2v) is 5.87. The molecule has 2 rings (SSSR count). The minimum Gasteiger partial charge on any atom is -0.497 e. The van der Waals surface area contributed by atoms with E-state index in [1.54, 1.807) is 7.11 Å². The summed E-state index contributed by atoms with van der Waals surface area (Å²) in [6.07, 6.45) is 2.20. The van der Waals surface area contributed by atoms with Crippen molar-refractivity contribution in [1.82, 2.24) is 0 Å². The molecular formula is C14H21NO2S. The third-order valence-electron chi connectivity index (χ3n) is 3.22. The third-order valence-corrected chi connectivity index (χ3v) is 4.15. The second-order valence-electron chi connectivity index (χ2n) is 4.47. The number of benzene rings is 1. The van der Waals surface area contributed by atoms with Crippen LogP contribution < -0.4 is 15.2 Å². The Bertz CT molecular complexity index is 397. The maximum atomic E-state index is 6.20. The highest BCUT2D eigenvalue weighted by atomic mass is 32.2. The van der Waals surface area contributed by atoms with Gasteiger partial charge in [-0.15, -0.1) is 0 Å². The molecule has 0 amide bonds. The number of fused-ring (bicyclic) bond motifs is 1. The van der Waals surface area contributed by atoms with Crippen LogP contribution in [0.1, 0.15) is 31.4 Å². The van der Waals surface area contributed by atoms with Crippen molar-refractivity contribution in [3.8, 4) is 11.5 Å². The summed E-state index contributed by atoms with van der Waals surface area (Å²) in [5.74, 6) is 4.00. The fourth-order valence-electron chi connectivity index (χ4n) is 2.22. The van der Waals surface area contributed by atoms with E-state index < -0.39 is 0 Å². The number of methoxy groups -OCH3 is 1. The minimum absolute atomic E-state index is 0.0799. The summed E-state index contributed by atoms with van der Waals surface area (Å²) in [6.45, 7) is 2.18. The molecule has 0 fully saturated rings. The first-order valence-corrected chi connectivity index (χ1v) is 7.58. The lowest BCUT2D eigenvalue weighted by Crippen LogP contribution is -2.30. The predicted molar refractivity (Wildman–Crippen MR) is 76.6 cm³/mol. The summed E-state index contributed by atoms with van der Waals surface area (Å²) in [6, 6.07) is 5.97. The lowest BCUT2D eigenvalue weighted by atomic mass is 9.96. The number of ether oxygens (including phenoxy) is 2. The number of hydrogen-bond donors (Lipinski definition) is 1. The van der Waals surface area contributed by atoms with Gasteiger partial charge < -0.3 is 15.2 Å². The minimum atomic E-state index is 0.0799. The molecule has 100 valence electrons. The van der Waals surface area contributed by atoms with Crippen molar-refractivity contribution in [1.29, 1.82) is 0 Å². The van der Waals surface area contributed by atoms with Gasteiger partial charge in [0.25, 0.3) is 0 Å². The molecule has 1 aliphatic heterocycles. The molecular weight excluding hydrogens is 246 g/mol. The molecule has 0 spiro atoms. The first-order valence-electron chi connectivity index (χ1n) is 6.42. The highest BCUT2D eigenvalue weighted by molar-refractivity contribution is 7.99. The van der Waals surface area contributed by atoms with Gasteiger partial charge >= 0.3 is 0 Å². The summed E-state index contributed by atoms with van der Waals surface area (Å²) in [5.41, 5.74) is 7.30. The third kappa shape index (κ3) is 3.12. The van der Waals surface area contributed by atoms with E-state index in [2.05, 4.69) is 6.92 Å². The van der Waals surface area contributed by atoms with Crippen LogP contribution in [0.4, 0.5) is 0 Å². The van der Waals surface area contributed by atoms with Crippen LogP contribution in [0.15, 0.2) is 18.2 Å². The van der Waals surface area contributed by atoms with Crippen molar-refractivity contribution >= 4 is 11.8 Å². The van der Waals surface area contributed by atoms with Crippen molar-refractivity contribution in [2.24, 2.45) is 5.73 Å². The Morgan fingerprint density at radius 1 is 1.50 bits per heavy atom. The fourth-order valence-corrected chi connectivity index (χ4v) is 2.94. The van der Waals surface area contributed by atoms with E-state index in [-0.39, 0.29) is 12.1 Å². The Hall–Kier alpha value is -0.870. The van der Waals surface area contributed by atoms with Crippen LogP contribution in [-0.4, -0.2) is 24.7 Å². The molecule has 0 bridgehead atoms. The molecule has 0 saturated heterocycles. The Balaban J connectivity index is 2.06. The molecule has 1 unspecified atom stereocenters. The number of hydrogen-bond acceptors (Lipinski definition) is 4. The largest absolute Gasteiger partial charge is 0.497 e. The van der Waals surface area contributed by atoms with Crippen molar-refractivity contribution in [2.75, 3.05) is 18.6 Å². The molecule has 2 atom stereocenters. The lowest BCUT2D eigenvalue weighted by Gasteiger charge is -2.30. The van der Waals surface area contributed by atoms with Crippen molar-refractivity contribution < 1.29 is 9.47 Å². The predicted octanol–water partition coefficient (Wildman–Crippen LogP) is 2.99. The standard InChI is InChI=1S/C14H21NO2S/c1-3-18-7-6-11-8-13(15)12-5-4-10(16-2)9-14(12)17-11/h4-5,9,11,13H,3,6-8,15H2,1-2H3/t11?,13-/m1/s1. The quantitative estimate of drug-likeness (QED) is 0.833. The van der Waals surface area contributed by atoms with Gasteiger partial charge in [0.05, 0.1) is 7.11 Å². The van der Waals surface area contributed by atoms with Gasteiger partial charge in [-0.25, -0.2) is 0 Å². The lowest BCUT2D eigenvalue weighted by molar-refractivity contribution is 0.156. The van der Waals surface area contributed by atoms with Crippen LogP contribution in [0.25, 0.3) is 0 Å². The van der Waals surface area contributed by atoms with E-state index in [0.717, 1.165) is 41.4 Å². The molecule has 0 saturated carbocycles. The van der Waals surface area contributed by atoms with Gasteiger partial charge in [0.15, 0.2) is 0 Å². The maximum absolute atomic E-state index is 6.20. The summed E-state index contributed by atoms with van der Waals surface area (Å²) >= 11 is 1.95. The van der Waals surface area contributed by atoms with Gasteiger partial charge in [0.1, 0.15) is 17.6 Å². The van der Waals surface area contributed by atoms with Crippen molar-refractivity contribution in [3.05, 3.63) is 23.8 Å². The van der Waals surface area contributed by atoms with Crippen molar-refractivity contribution in [3.63, 3.8) is 0 Å².